The highest BCUT2D eigenvalue weighted by Gasteiger charge is 2.49. The van der Waals surface area contributed by atoms with Gasteiger partial charge >= 0.3 is 0 Å². The molecule has 0 unspecified atom stereocenters. The molecule has 2 aliphatic rings. The summed E-state index contributed by atoms with van der Waals surface area (Å²) < 4.78 is 11.1. The molecule has 6 nitrogen and oxygen atoms in total. The number of amides is 1. The summed E-state index contributed by atoms with van der Waals surface area (Å²) in [5.41, 5.74) is 1.40. The fraction of sp³-hybridized carbons (Fsp3) is 0.500. The molecule has 1 saturated carbocycles. The van der Waals surface area contributed by atoms with Crippen LogP contribution in [0.1, 0.15) is 49.3 Å². The van der Waals surface area contributed by atoms with Crippen molar-refractivity contribution in [2.75, 3.05) is 27.3 Å². The van der Waals surface area contributed by atoms with Gasteiger partial charge in [-0.3, -0.25) is 9.69 Å². The maximum absolute atomic E-state index is 12.9. The molecule has 1 aliphatic carbocycles. The van der Waals surface area contributed by atoms with Crippen LogP contribution in [0.3, 0.4) is 0 Å². The minimum atomic E-state index is -0.690. The number of benzene rings is 2. The second-order valence-corrected chi connectivity index (χ2v) is 8.99. The van der Waals surface area contributed by atoms with E-state index in [4.69, 9.17) is 9.47 Å². The molecule has 0 aromatic heterocycles. The molecular formula is C26H34N2O4. The van der Waals surface area contributed by atoms with Crippen LogP contribution >= 0.6 is 0 Å². The number of likely N-dealkylation sites (tertiary alicyclic amines) is 1. The molecule has 6 heteroatoms. The van der Waals surface area contributed by atoms with Crippen LogP contribution in [-0.4, -0.2) is 48.8 Å². The summed E-state index contributed by atoms with van der Waals surface area (Å²) in [6.07, 6.45) is 4.60. The van der Waals surface area contributed by atoms with Gasteiger partial charge in [0.25, 0.3) is 0 Å². The van der Waals surface area contributed by atoms with Crippen molar-refractivity contribution in [1.29, 1.82) is 0 Å². The SMILES string of the molecule is COc1ccc([C@H]2[C@@H]3CCCC[C@]3(O)CCN2CC(=O)NCc2ccccc2)c(OC)c1. The Balaban J connectivity index is 1.58. The Labute approximate surface area is 190 Å². The van der Waals surface area contributed by atoms with E-state index < -0.39 is 5.60 Å². The van der Waals surface area contributed by atoms with E-state index >= 15 is 0 Å². The molecular weight excluding hydrogens is 404 g/mol. The molecule has 2 fully saturated rings. The number of ether oxygens (including phenoxy) is 2. The maximum atomic E-state index is 12.9. The van der Waals surface area contributed by atoms with Crippen LogP contribution in [0.4, 0.5) is 0 Å². The molecule has 1 aliphatic heterocycles. The fourth-order valence-electron chi connectivity index (χ4n) is 5.43. The van der Waals surface area contributed by atoms with Gasteiger partial charge in [-0.1, -0.05) is 49.2 Å². The van der Waals surface area contributed by atoms with E-state index in [-0.39, 0.29) is 17.9 Å². The average molecular weight is 439 g/mol. The van der Waals surface area contributed by atoms with Crippen molar-refractivity contribution < 1.29 is 19.4 Å². The molecule has 172 valence electrons. The maximum Gasteiger partial charge on any atom is 0.234 e. The number of piperidine rings is 1. The topological polar surface area (TPSA) is 71.0 Å². The van der Waals surface area contributed by atoms with E-state index in [1.807, 2.05) is 48.5 Å². The first kappa shape index (κ1) is 22.6. The second kappa shape index (κ2) is 9.92. The standard InChI is InChI=1S/C26H34N2O4/c1-31-20-11-12-21(23(16-20)32-2)25-22-10-6-7-13-26(22,30)14-15-28(25)18-24(29)27-17-19-8-4-3-5-9-19/h3-5,8-9,11-12,16,22,25,30H,6-7,10,13-15,17-18H2,1-2H3,(H,27,29)/t22-,25-,26-/m0/s1. The predicted octanol–water partition coefficient (Wildman–Crippen LogP) is 3.69. The summed E-state index contributed by atoms with van der Waals surface area (Å²) in [4.78, 5) is 15.1. The highest BCUT2D eigenvalue weighted by molar-refractivity contribution is 5.78. The Hall–Kier alpha value is -2.57. The van der Waals surface area contributed by atoms with Gasteiger partial charge < -0.3 is 19.9 Å². The lowest BCUT2D eigenvalue weighted by molar-refractivity contribution is -0.138. The lowest BCUT2D eigenvalue weighted by atomic mass is 9.66. The van der Waals surface area contributed by atoms with Gasteiger partial charge in [0.15, 0.2) is 0 Å². The number of hydrogen-bond acceptors (Lipinski definition) is 5. The van der Waals surface area contributed by atoms with E-state index in [2.05, 4.69) is 10.2 Å². The minimum Gasteiger partial charge on any atom is -0.497 e. The number of hydrogen-bond donors (Lipinski definition) is 2. The van der Waals surface area contributed by atoms with Crippen molar-refractivity contribution in [1.82, 2.24) is 10.2 Å². The molecule has 1 saturated heterocycles. The van der Waals surface area contributed by atoms with Crippen molar-refractivity contribution in [3.05, 3.63) is 59.7 Å². The summed E-state index contributed by atoms with van der Waals surface area (Å²) in [7, 11) is 3.30. The van der Waals surface area contributed by atoms with Crippen molar-refractivity contribution in [3.8, 4) is 11.5 Å². The first-order chi connectivity index (χ1) is 15.5. The highest BCUT2D eigenvalue weighted by atomic mass is 16.5. The number of carbonyl (C=O) groups is 1. The molecule has 2 N–H and O–H groups in total. The molecule has 1 amide bonds. The third-order valence-corrected chi connectivity index (χ3v) is 7.11. The quantitative estimate of drug-likeness (QED) is 0.690. The smallest absolute Gasteiger partial charge is 0.234 e. The highest BCUT2D eigenvalue weighted by Crippen LogP contribution is 2.51. The first-order valence-corrected chi connectivity index (χ1v) is 11.5. The number of aliphatic hydroxyl groups is 1. The lowest BCUT2D eigenvalue weighted by Gasteiger charge is -2.52. The third kappa shape index (κ3) is 4.76. The molecule has 3 atom stereocenters. The van der Waals surface area contributed by atoms with Crippen molar-refractivity contribution >= 4 is 5.91 Å². The van der Waals surface area contributed by atoms with Gasteiger partial charge in [-0.05, 0) is 30.9 Å². The van der Waals surface area contributed by atoms with Gasteiger partial charge in [0.05, 0.1) is 26.4 Å². The number of methoxy groups -OCH3 is 2. The number of fused-ring (bicyclic) bond motifs is 1. The molecule has 1 heterocycles. The fourth-order valence-corrected chi connectivity index (χ4v) is 5.43. The number of nitrogens with zero attached hydrogens (tertiary/aromatic N) is 1. The zero-order chi connectivity index (χ0) is 22.6. The van der Waals surface area contributed by atoms with Gasteiger partial charge in [-0.25, -0.2) is 0 Å². The Morgan fingerprint density at radius 1 is 1.12 bits per heavy atom. The predicted molar refractivity (Wildman–Crippen MR) is 124 cm³/mol. The normalized spacial score (nSPS) is 25.6. The van der Waals surface area contributed by atoms with Crippen molar-refractivity contribution in [2.45, 2.75) is 50.3 Å². The van der Waals surface area contributed by atoms with Crippen LogP contribution in [0, 0.1) is 5.92 Å². The molecule has 0 spiro atoms. The van der Waals surface area contributed by atoms with Crippen LogP contribution in [0.5, 0.6) is 11.5 Å². The number of nitrogens with one attached hydrogen (secondary N) is 1. The van der Waals surface area contributed by atoms with E-state index in [9.17, 15) is 9.90 Å². The summed E-state index contributed by atoms with van der Waals surface area (Å²) >= 11 is 0. The summed E-state index contributed by atoms with van der Waals surface area (Å²) in [6, 6.07) is 15.7. The van der Waals surface area contributed by atoms with E-state index in [0.29, 0.717) is 26.1 Å². The largest absolute Gasteiger partial charge is 0.497 e. The van der Waals surface area contributed by atoms with Gasteiger partial charge in [0.1, 0.15) is 11.5 Å². The van der Waals surface area contributed by atoms with Gasteiger partial charge in [0.2, 0.25) is 5.91 Å². The van der Waals surface area contributed by atoms with Crippen LogP contribution < -0.4 is 14.8 Å². The summed E-state index contributed by atoms with van der Waals surface area (Å²) in [5.74, 6) is 1.52. The molecule has 0 radical (unpaired) electrons. The van der Waals surface area contributed by atoms with Crippen LogP contribution in [0.15, 0.2) is 48.5 Å². The molecule has 0 bridgehead atoms. The lowest BCUT2D eigenvalue weighted by Crippen LogP contribution is -2.56. The van der Waals surface area contributed by atoms with Crippen LogP contribution in [0.25, 0.3) is 0 Å². The van der Waals surface area contributed by atoms with Crippen LogP contribution in [0.2, 0.25) is 0 Å². The molecule has 4 rings (SSSR count). The Kier molecular flexibility index (Phi) is 7.01. The zero-order valence-electron chi connectivity index (χ0n) is 19.0. The van der Waals surface area contributed by atoms with Gasteiger partial charge in [0, 0.05) is 36.7 Å². The monoisotopic (exact) mass is 438 g/mol. The molecule has 32 heavy (non-hydrogen) atoms. The molecule has 2 aromatic carbocycles. The average Bonchev–Trinajstić information content (AvgIpc) is 2.83. The number of carbonyl (C=O) groups excluding carboxylic acids is 1. The van der Waals surface area contributed by atoms with E-state index in [0.717, 1.165) is 48.3 Å². The first-order valence-electron chi connectivity index (χ1n) is 11.5. The van der Waals surface area contributed by atoms with E-state index in [1.165, 1.54) is 0 Å². The Morgan fingerprint density at radius 2 is 1.94 bits per heavy atom. The van der Waals surface area contributed by atoms with Gasteiger partial charge in [-0.2, -0.15) is 0 Å². The minimum absolute atomic E-state index is 0.00687. The Morgan fingerprint density at radius 3 is 2.69 bits per heavy atom. The summed E-state index contributed by atoms with van der Waals surface area (Å²) in [5, 5.41) is 14.6. The number of rotatable bonds is 7. The second-order valence-electron chi connectivity index (χ2n) is 8.99. The Bertz CT molecular complexity index is 919. The van der Waals surface area contributed by atoms with Crippen molar-refractivity contribution in [2.24, 2.45) is 5.92 Å². The van der Waals surface area contributed by atoms with E-state index in [1.54, 1.807) is 14.2 Å². The van der Waals surface area contributed by atoms with Gasteiger partial charge in [-0.15, -0.1) is 0 Å². The molecule has 2 aromatic rings. The zero-order valence-corrected chi connectivity index (χ0v) is 19.0. The summed E-state index contributed by atoms with van der Waals surface area (Å²) in [6.45, 7) is 1.47. The van der Waals surface area contributed by atoms with Crippen LogP contribution in [-0.2, 0) is 11.3 Å². The van der Waals surface area contributed by atoms with Crippen molar-refractivity contribution in [3.63, 3.8) is 0 Å². The third-order valence-electron chi connectivity index (χ3n) is 7.11.